The smallest absolute Gasteiger partial charge is 0.450 e. The lowest BCUT2D eigenvalue weighted by Gasteiger charge is -2.34. The second-order valence-electron chi connectivity index (χ2n) is 12.3. The average Bonchev–Trinajstić information content (AvgIpc) is 3.44. The average molecular weight is 706 g/mol. The summed E-state index contributed by atoms with van der Waals surface area (Å²) < 4.78 is 83.5. The topological polar surface area (TPSA) is 94.7 Å². The van der Waals surface area contributed by atoms with Crippen LogP contribution in [0.1, 0.15) is 85.3 Å². The maximum absolute atomic E-state index is 13.7. The van der Waals surface area contributed by atoms with Crippen LogP contribution in [-0.4, -0.2) is 44.2 Å². The standard InChI is InChI=1S/C32H39F6N5.CH2O3.ClH/c1-3-42(18-22-9-5-4-6-10-22)29-16-25-12-8-7-11-24(25)15-26(29)20-43(30-39-21-41(2)40-30)19-23-13-27(31(33,34)35)17-28(14-23)32(36,37)38;2-1(3)4;/h13-17,21-22H,3-12,18-20H2,1-2H3;(H2,2,3,4);1H. The molecule has 1 saturated carbocycles. The zero-order valence-corrected chi connectivity index (χ0v) is 27.8. The number of hydrogen-bond acceptors (Lipinski definition) is 5. The Balaban J connectivity index is 0.00000118. The Bertz CT molecular complexity index is 1470. The van der Waals surface area contributed by atoms with Crippen molar-refractivity contribution >= 4 is 30.2 Å². The minimum atomic E-state index is -4.92. The number of carboxylic acid groups (broad SMARTS) is 2. The fraction of sp³-hybridized carbons (Fsp3) is 0.545. The molecule has 0 saturated heterocycles. The monoisotopic (exact) mass is 705 g/mol. The molecule has 48 heavy (non-hydrogen) atoms. The fourth-order valence-electron chi connectivity index (χ4n) is 6.53. The van der Waals surface area contributed by atoms with E-state index in [1.807, 2.05) is 0 Å². The Morgan fingerprint density at radius 3 is 1.92 bits per heavy atom. The molecule has 5 rings (SSSR count). The normalized spacial score (nSPS) is 15.1. The van der Waals surface area contributed by atoms with E-state index in [4.69, 9.17) is 15.0 Å². The van der Waals surface area contributed by atoms with E-state index < -0.39 is 29.6 Å². The Hall–Kier alpha value is -3.68. The van der Waals surface area contributed by atoms with Gasteiger partial charge in [0.2, 0.25) is 5.95 Å². The highest BCUT2D eigenvalue weighted by atomic mass is 35.5. The number of halogens is 7. The van der Waals surface area contributed by atoms with Gasteiger partial charge in [-0.1, -0.05) is 25.3 Å². The molecule has 0 radical (unpaired) electrons. The highest BCUT2D eigenvalue weighted by Gasteiger charge is 2.37. The summed E-state index contributed by atoms with van der Waals surface area (Å²) in [4.78, 5) is 17.0. The van der Waals surface area contributed by atoms with Crippen LogP contribution in [-0.2, 0) is 45.3 Å². The van der Waals surface area contributed by atoms with Crippen molar-refractivity contribution in [1.29, 1.82) is 0 Å². The number of aromatic nitrogens is 3. The van der Waals surface area contributed by atoms with Gasteiger partial charge in [0, 0.05) is 38.9 Å². The molecule has 2 aliphatic rings. The molecule has 2 N–H and O–H groups in total. The third-order valence-corrected chi connectivity index (χ3v) is 8.72. The number of benzene rings is 2. The number of carbonyl (C=O) groups is 1. The molecule has 2 aliphatic carbocycles. The van der Waals surface area contributed by atoms with Crippen LogP contribution in [0.4, 0.5) is 42.8 Å². The summed E-state index contributed by atoms with van der Waals surface area (Å²) in [6, 6.07) is 6.21. The minimum absolute atomic E-state index is 0. The lowest BCUT2D eigenvalue weighted by atomic mass is 9.87. The molecule has 0 amide bonds. The van der Waals surface area contributed by atoms with Crippen molar-refractivity contribution < 1.29 is 41.4 Å². The van der Waals surface area contributed by atoms with Crippen LogP contribution < -0.4 is 9.80 Å². The Morgan fingerprint density at radius 2 is 1.42 bits per heavy atom. The van der Waals surface area contributed by atoms with Crippen molar-refractivity contribution in [3.8, 4) is 0 Å². The third-order valence-electron chi connectivity index (χ3n) is 8.72. The van der Waals surface area contributed by atoms with Crippen molar-refractivity contribution in [2.24, 2.45) is 13.0 Å². The van der Waals surface area contributed by atoms with Gasteiger partial charge in [0.05, 0.1) is 11.1 Å². The number of hydrogen-bond donors (Lipinski definition) is 2. The molecule has 0 spiro atoms. The van der Waals surface area contributed by atoms with Crippen molar-refractivity contribution in [2.75, 3.05) is 22.9 Å². The highest BCUT2D eigenvalue weighted by molar-refractivity contribution is 5.85. The summed E-state index contributed by atoms with van der Waals surface area (Å²) in [5.41, 5.74) is 1.87. The minimum Gasteiger partial charge on any atom is -0.450 e. The van der Waals surface area contributed by atoms with Crippen LogP contribution in [0, 0.1) is 5.92 Å². The molecule has 0 aliphatic heterocycles. The Morgan fingerprint density at radius 1 is 0.854 bits per heavy atom. The fourth-order valence-corrected chi connectivity index (χ4v) is 6.53. The Labute approximate surface area is 282 Å². The number of anilines is 2. The van der Waals surface area contributed by atoms with Crippen molar-refractivity contribution in [2.45, 2.75) is 90.2 Å². The molecule has 2 aromatic carbocycles. The Kier molecular flexibility index (Phi) is 13.4. The first-order valence-electron chi connectivity index (χ1n) is 15.8. The molecule has 0 unspecified atom stereocenters. The first-order chi connectivity index (χ1) is 22.1. The first kappa shape index (κ1) is 38.8. The van der Waals surface area contributed by atoms with Gasteiger partial charge < -0.3 is 20.0 Å². The quantitative estimate of drug-likeness (QED) is 0.215. The first-order valence-corrected chi connectivity index (χ1v) is 15.8. The van der Waals surface area contributed by atoms with E-state index in [0.29, 0.717) is 5.92 Å². The van der Waals surface area contributed by atoms with Gasteiger partial charge in [0.15, 0.2) is 0 Å². The van der Waals surface area contributed by atoms with E-state index in [-0.39, 0.29) is 43.1 Å². The van der Waals surface area contributed by atoms with Crippen LogP contribution in [0.2, 0.25) is 0 Å². The second-order valence-corrected chi connectivity index (χ2v) is 12.3. The summed E-state index contributed by atoms with van der Waals surface area (Å²) in [5, 5.41) is 18.3. The molecule has 1 heterocycles. The number of rotatable bonds is 9. The van der Waals surface area contributed by atoms with Crippen molar-refractivity contribution in [3.63, 3.8) is 0 Å². The molecular formula is C33H42ClF6N5O3. The van der Waals surface area contributed by atoms with Gasteiger partial charge in [-0.3, -0.25) is 4.68 Å². The third kappa shape index (κ3) is 10.7. The van der Waals surface area contributed by atoms with Gasteiger partial charge in [-0.15, -0.1) is 17.5 Å². The molecule has 0 bridgehead atoms. The van der Waals surface area contributed by atoms with Crippen LogP contribution in [0.3, 0.4) is 0 Å². The molecule has 1 aromatic heterocycles. The zero-order chi connectivity index (χ0) is 34.4. The van der Waals surface area contributed by atoms with Crippen LogP contribution in [0.15, 0.2) is 36.7 Å². The largest absolute Gasteiger partial charge is 0.503 e. The summed E-state index contributed by atoms with van der Waals surface area (Å²) in [7, 11) is 1.67. The van der Waals surface area contributed by atoms with Gasteiger partial charge >= 0.3 is 18.5 Å². The van der Waals surface area contributed by atoms with Gasteiger partial charge in [-0.2, -0.15) is 26.3 Å². The predicted octanol–water partition coefficient (Wildman–Crippen LogP) is 8.99. The van der Waals surface area contributed by atoms with E-state index in [1.54, 1.807) is 11.9 Å². The van der Waals surface area contributed by atoms with E-state index in [2.05, 4.69) is 34.0 Å². The van der Waals surface area contributed by atoms with Crippen LogP contribution in [0.5, 0.6) is 0 Å². The van der Waals surface area contributed by atoms with E-state index in [9.17, 15) is 26.3 Å². The van der Waals surface area contributed by atoms with E-state index in [1.165, 1.54) is 54.2 Å². The number of nitrogens with zero attached hydrogens (tertiary/aromatic N) is 5. The predicted molar refractivity (Wildman–Crippen MR) is 173 cm³/mol. The van der Waals surface area contributed by atoms with Gasteiger partial charge in [-0.25, -0.2) is 9.78 Å². The molecular weight excluding hydrogens is 664 g/mol. The summed E-state index contributed by atoms with van der Waals surface area (Å²) in [5.74, 6) is 0.838. The maximum Gasteiger partial charge on any atom is 0.503 e. The maximum atomic E-state index is 13.7. The van der Waals surface area contributed by atoms with Crippen LogP contribution in [0.25, 0.3) is 0 Å². The van der Waals surface area contributed by atoms with Crippen molar-refractivity contribution in [3.05, 3.63) is 70.0 Å². The highest BCUT2D eigenvalue weighted by Crippen LogP contribution is 2.38. The van der Waals surface area contributed by atoms with E-state index in [0.717, 1.165) is 62.2 Å². The van der Waals surface area contributed by atoms with Crippen molar-refractivity contribution in [1.82, 2.24) is 14.8 Å². The molecule has 1 fully saturated rings. The molecule has 8 nitrogen and oxygen atoms in total. The lowest BCUT2D eigenvalue weighted by Crippen LogP contribution is -2.33. The second kappa shape index (κ2) is 16.6. The van der Waals surface area contributed by atoms with Gasteiger partial charge in [0.25, 0.3) is 0 Å². The van der Waals surface area contributed by atoms with Crippen LogP contribution >= 0.6 is 12.4 Å². The molecule has 3 aromatic rings. The van der Waals surface area contributed by atoms with Gasteiger partial charge in [0.1, 0.15) is 6.33 Å². The van der Waals surface area contributed by atoms with E-state index >= 15 is 0 Å². The number of fused-ring (bicyclic) bond motifs is 1. The molecule has 15 heteroatoms. The summed E-state index contributed by atoms with van der Waals surface area (Å²) >= 11 is 0. The summed E-state index contributed by atoms with van der Waals surface area (Å²) in [6.45, 7) is 3.87. The number of aryl methyl sites for hydroxylation is 3. The van der Waals surface area contributed by atoms with Gasteiger partial charge in [-0.05, 0) is 97.9 Å². The SMILES string of the molecule is CCN(CC1CCCCC1)c1cc2c(cc1CN(Cc1cc(C(F)(F)F)cc(C(F)(F)F)c1)c1ncn(C)n1)CCCC2.Cl.O=C(O)O. The number of alkyl halides is 6. The summed E-state index contributed by atoms with van der Waals surface area (Å²) in [6.07, 6.45) is 0.0761. The molecule has 266 valence electrons. The lowest BCUT2D eigenvalue weighted by molar-refractivity contribution is -0.143. The molecule has 0 atom stereocenters. The zero-order valence-electron chi connectivity index (χ0n) is 26.9.